The molecule has 1 aromatic heterocycles. The van der Waals surface area contributed by atoms with Gasteiger partial charge in [0.2, 0.25) is 5.88 Å². The first kappa shape index (κ1) is 13.9. The van der Waals surface area contributed by atoms with Gasteiger partial charge >= 0.3 is 0 Å². The van der Waals surface area contributed by atoms with Crippen LogP contribution in [0.15, 0.2) is 30.6 Å². The van der Waals surface area contributed by atoms with Crippen LogP contribution >= 0.6 is 0 Å². The molecular weight excluding hydrogens is 263 g/mol. The van der Waals surface area contributed by atoms with E-state index in [0.717, 1.165) is 0 Å². The maximum absolute atomic E-state index is 13.8. The average Bonchev–Trinajstić information content (AvgIpc) is 2.46. The molecule has 0 fully saturated rings. The lowest BCUT2D eigenvalue weighted by Gasteiger charge is -2.08. The lowest BCUT2D eigenvalue weighted by molar-refractivity contribution is 0.0985. The van der Waals surface area contributed by atoms with Gasteiger partial charge in [-0.15, -0.1) is 0 Å². The third-order valence-electron chi connectivity index (χ3n) is 2.72. The molecule has 0 N–H and O–H groups in total. The maximum atomic E-state index is 13.8. The Morgan fingerprint density at radius 1 is 1.25 bits per heavy atom. The fraction of sp³-hybridized carbons (Fsp3) is 0.214. The number of rotatable bonds is 5. The summed E-state index contributed by atoms with van der Waals surface area (Å²) in [5.41, 5.74) is 0.375. The molecule has 0 atom stereocenters. The second-order valence-electron chi connectivity index (χ2n) is 3.97. The van der Waals surface area contributed by atoms with Gasteiger partial charge in [-0.3, -0.25) is 4.79 Å². The van der Waals surface area contributed by atoms with Crippen molar-refractivity contribution >= 4 is 5.78 Å². The van der Waals surface area contributed by atoms with Crippen LogP contribution in [0.4, 0.5) is 4.39 Å². The standard InChI is InChI=1S/C14H13FN2O3/c1-19-12-5-3-4-10(15)14(12)11(18)6-9-7-13(20-2)17-8-16-9/h3-5,7-8H,6H2,1-2H3. The van der Waals surface area contributed by atoms with Crippen molar-refractivity contribution in [3.8, 4) is 11.6 Å². The lowest BCUT2D eigenvalue weighted by atomic mass is 10.0. The van der Waals surface area contributed by atoms with Crippen LogP contribution in [0.1, 0.15) is 16.1 Å². The van der Waals surface area contributed by atoms with Gasteiger partial charge in [0.1, 0.15) is 17.9 Å². The molecule has 0 amide bonds. The Labute approximate surface area is 115 Å². The molecule has 20 heavy (non-hydrogen) atoms. The molecule has 0 aliphatic rings. The minimum Gasteiger partial charge on any atom is -0.496 e. The molecule has 1 heterocycles. The zero-order chi connectivity index (χ0) is 14.5. The number of ether oxygens (including phenoxy) is 2. The molecule has 2 rings (SSSR count). The number of carbonyl (C=O) groups is 1. The Morgan fingerprint density at radius 3 is 2.75 bits per heavy atom. The van der Waals surface area contributed by atoms with Crippen molar-refractivity contribution in [1.29, 1.82) is 0 Å². The van der Waals surface area contributed by atoms with Gasteiger partial charge < -0.3 is 9.47 Å². The molecule has 0 bridgehead atoms. The van der Waals surface area contributed by atoms with Crippen LogP contribution in [0, 0.1) is 5.82 Å². The number of hydrogen-bond donors (Lipinski definition) is 0. The van der Waals surface area contributed by atoms with Crippen LogP contribution in [0.25, 0.3) is 0 Å². The first-order valence-electron chi connectivity index (χ1n) is 5.86. The predicted octanol–water partition coefficient (Wildman–Crippen LogP) is 2.06. The van der Waals surface area contributed by atoms with Crippen molar-refractivity contribution in [3.63, 3.8) is 0 Å². The summed E-state index contributed by atoms with van der Waals surface area (Å²) in [6, 6.07) is 5.77. The Kier molecular flexibility index (Phi) is 4.24. The van der Waals surface area contributed by atoms with Crippen LogP contribution < -0.4 is 9.47 Å². The summed E-state index contributed by atoms with van der Waals surface area (Å²) in [7, 11) is 2.85. The first-order chi connectivity index (χ1) is 9.65. The molecule has 5 nitrogen and oxygen atoms in total. The number of nitrogens with zero attached hydrogens (tertiary/aromatic N) is 2. The predicted molar refractivity (Wildman–Crippen MR) is 69.6 cm³/mol. The molecular formula is C14H13FN2O3. The Bertz CT molecular complexity index is 632. The molecule has 0 unspecified atom stereocenters. The van der Waals surface area contributed by atoms with E-state index in [4.69, 9.17) is 9.47 Å². The van der Waals surface area contributed by atoms with E-state index < -0.39 is 11.6 Å². The highest BCUT2D eigenvalue weighted by Crippen LogP contribution is 2.23. The van der Waals surface area contributed by atoms with Gasteiger partial charge in [-0.1, -0.05) is 6.07 Å². The molecule has 0 radical (unpaired) electrons. The van der Waals surface area contributed by atoms with Gasteiger partial charge in [0, 0.05) is 6.07 Å². The zero-order valence-corrected chi connectivity index (χ0v) is 11.1. The Hall–Kier alpha value is -2.50. The summed E-state index contributed by atoms with van der Waals surface area (Å²) in [5, 5.41) is 0. The average molecular weight is 276 g/mol. The van der Waals surface area contributed by atoms with Gasteiger partial charge in [0.15, 0.2) is 5.78 Å². The molecule has 6 heteroatoms. The highest BCUT2D eigenvalue weighted by atomic mass is 19.1. The molecule has 2 aromatic rings. The smallest absolute Gasteiger partial charge is 0.216 e. The molecule has 0 saturated carbocycles. The number of aromatic nitrogens is 2. The summed E-state index contributed by atoms with van der Waals surface area (Å²) < 4.78 is 23.7. The molecule has 0 aliphatic heterocycles. The van der Waals surface area contributed by atoms with E-state index >= 15 is 0 Å². The first-order valence-corrected chi connectivity index (χ1v) is 5.86. The van der Waals surface area contributed by atoms with Crippen LogP contribution in [-0.2, 0) is 6.42 Å². The fourth-order valence-corrected chi connectivity index (χ4v) is 1.78. The Balaban J connectivity index is 2.28. The molecule has 0 spiro atoms. The summed E-state index contributed by atoms with van der Waals surface area (Å²) in [6.07, 6.45) is 1.23. The largest absolute Gasteiger partial charge is 0.496 e. The minimum absolute atomic E-state index is 0.0594. The number of hydrogen-bond acceptors (Lipinski definition) is 5. The SMILES string of the molecule is COc1cc(CC(=O)c2c(F)cccc2OC)ncn1. The summed E-state index contributed by atoms with van der Waals surface area (Å²) in [5.74, 6) is -0.476. The second-order valence-corrected chi connectivity index (χ2v) is 3.97. The van der Waals surface area contributed by atoms with Crippen LogP contribution in [0.3, 0.4) is 0 Å². The summed E-state index contributed by atoms with van der Waals surface area (Å²) in [4.78, 5) is 20.0. The van der Waals surface area contributed by atoms with Crippen LogP contribution in [-0.4, -0.2) is 30.0 Å². The number of ketones is 1. The van der Waals surface area contributed by atoms with E-state index in [1.807, 2.05) is 0 Å². The van der Waals surface area contributed by atoms with Crippen molar-refractivity contribution in [1.82, 2.24) is 9.97 Å². The van der Waals surface area contributed by atoms with E-state index in [9.17, 15) is 9.18 Å². The van der Waals surface area contributed by atoms with E-state index in [1.54, 1.807) is 0 Å². The number of Topliss-reactive ketones (excluding diaryl/α,β-unsaturated/α-hetero) is 1. The highest BCUT2D eigenvalue weighted by molar-refractivity contribution is 6.00. The zero-order valence-electron chi connectivity index (χ0n) is 11.1. The number of methoxy groups -OCH3 is 2. The number of halogens is 1. The van der Waals surface area contributed by atoms with Crippen molar-refractivity contribution in [3.05, 3.63) is 47.7 Å². The van der Waals surface area contributed by atoms with Gasteiger partial charge in [-0.25, -0.2) is 14.4 Å². The topological polar surface area (TPSA) is 61.3 Å². The minimum atomic E-state index is -0.615. The number of carbonyl (C=O) groups excluding carboxylic acids is 1. The van der Waals surface area contributed by atoms with Gasteiger partial charge in [-0.05, 0) is 12.1 Å². The van der Waals surface area contributed by atoms with E-state index in [1.165, 1.54) is 44.8 Å². The molecule has 0 saturated heterocycles. The van der Waals surface area contributed by atoms with Crippen molar-refractivity contribution in [2.75, 3.05) is 14.2 Å². The van der Waals surface area contributed by atoms with E-state index in [0.29, 0.717) is 11.6 Å². The van der Waals surface area contributed by atoms with Crippen molar-refractivity contribution < 1.29 is 18.7 Å². The van der Waals surface area contributed by atoms with Gasteiger partial charge in [0.05, 0.1) is 31.9 Å². The van der Waals surface area contributed by atoms with E-state index in [2.05, 4.69) is 9.97 Å². The monoisotopic (exact) mass is 276 g/mol. The quantitative estimate of drug-likeness (QED) is 0.782. The van der Waals surface area contributed by atoms with Crippen molar-refractivity contribution in [2.24, 2.45) is 0 Å². The summed E-state index contributed by atoms with van der Waals surface area (Å²) >= 11 is 0. The van der Waals surface area contributed by atoms with Gasteiger partial charge in [-0.2, -0.15) is 0 Å². The number of benzene rings is 1. The summed E-state index contributed by atoms with van der Waals surface area (Å²) in [6.45, 7) is 0. The molecule has 1 aromatic carbocycles. The third-order valence-corrected chi connectivity index (χ3v) is 2.72. The van der Waals surface area contributed by atoms with Crippen molar-refractivity contribution in [2.45, 2.75) is 6.42 Å². The maximum Gasteiger partial charge on any atom is 0.216 e. The third kappa shape index (κ3) is 2.90. The Morgan fingerprint density at radius 2 is 2.05 bits per heavy atom. The highest BCUT2D eigenvalue weighted by Gasteiger charge is 2.18. The van der Waals surface area contributed by atoms with Gasteiger partial charge in [0.25, 0.3) is 0 Å². The van der Waals surface area contributed by atoms with Crippen LogP contribution in [0.5, 0.6) is 11.6 Å². The lowest BCUT2D eigenvalue weighted by Crippen LogP contribution is -2.09. The molecule has 104 valence electrons. The van der Waals surface area contributed by atoms with E-state index in [-0.39, 0.29) is 17.7 Å². The van der Waals surface area contributed by atoms with Crippen LogP contribution in [0.2, 0.25) is 0 Å². The fourth-order valence-electron chi connectivity index (χ4n) is 1.78. The molecule has 0 aliphatic carbocycles. The second kappa shape index (κ2) is 6.10. The normalized spacial score (nSPS) is 10.2.